The first-order chi connectivity index (χ1) is 6.86. The molecule has 0 amide bonds. The fraction of sp³-hybridized carbons (Fsp3) is 0.273. The quantitative estimate of drug-likeness (QED) is 0.293. The molecule has 1 aromatic rings. The van der Waals surface area contributed by atoms with E-state index in [-0.39, 0.29) is 6.04 Å². The van der Waals surface area contributed by atoms with Gasteiger partial charge in [0.25, 0.3) is 0 Å². The largest absolute Gasteiger partial charge is 0.103 e. The molecule has 3 heteroatoms. The molecule has 0 saturated carbocycles. The van der Waals surface area contributed by atoms with E-state index < -0.39 is 0 Å². The summed E-state index contributed by atoms with van der Waals surface area (Å²) < 4.78 is 0. The normalized spacial score (nSPS) is 11.4. The number of benzene rings is 1. The van der Waals surface area contributed by atoms with Crippen LogP contribution in [0.4, 0.5) is 0 Å². The maximum Gasteiger partial charge on any atom is 0.0448 e. The molecule has 1 rings (SSSR count). The Bertz CT molecular complexity index is 326. The van der Waals surface area contributed by atoms with Gasteiger partial charge in [-0.2, -0.15) is 0 Å². The third-order valence-corrected chi connectivity index (χ3v) is 1.97. The molecule has 0 heterocycles. The van der Waals surface area contributed by atoms with Gasteiger partial charge in [0.1, 0.15) is 0 Å². The van der Waals surface area contributed by atoms with Crippen molar-refractivity contribution in [3.8, 4) is 0 Å². The lowest BCUT2D eigenvalue weighted by atomic mass is 10.0. The molecule has 1 atom stereocenters. The highest BCUT2D eigenvalue weighted by Gasteiger charge is 2.04. The summed E-state index contributed by atoms with van der Waals surface area (Å²) in [5.41, 5.74) is 9.55. The van der Waals surface area contributed by atoms with Crippen LogP contribution in [-0.4, -0.2) is 6.04 Å². The van der Waals surface area contributed by atoms with E-state index in [1.165, 1.54) is 5.56 Å². The van der Waals surface area contributed by atoms with E-state index in [1.54, 1.807) is 6.08 Å². The van der Waals surface area contributed by atoms with Crippen molar-refractivity contribution in [3.63, 3.8) is 0 Å². The summed E-state index contributed by atoms with van der Waals surface area (Å²) in [6.07, 6.45) is 3.28. The van der Waals surface area contributed by atoms with Gasteiger partial charge in [0, 0.05) is 11.0 Å². The SMILES string of the molecule is C=CC[C@H](Cc1ccccc1)N=[N+]=[N-]. The third kappa shape index (κ3) is 3.33. The summed E-state index contributed by atoms with van der Waals surface area (Å²) in [6, 6.07) is 9.98. The molecule has 0 bridgehead atoms. The summed E-state index contributed by atoms with van der Waals surface area (Å²) >= 11 is 0. The van der Waals surface area contributed by atoms with E-state index in [0.717, 1.165) is 12.8 Å². The van der Waals surface area contributed by atoms with E-state index in [2.05, 4.69) is 16.6 Å². The summed E-state index contributed by atoms with van der Waals surface area (Å²) in [5.74, 6) is 0. The smallest absolute Gasteiger partial charge is 0.0448 e. The highest BCUT2D eigenvalue weighted by atomic mass is 15.1. The molecule has 0 saturated heterocycles. The minimum absolute atomic E-state index is 0.0140. The van der Waals surface area contributed by atoms with Crippen LogP contribution in [0.15, 0.2) is 48.1 Å². The van der Waals surface area contributed by atoms with Crippen LogP contribution in [0.1, 0.15) is 12.0 Å². The van der Waals surface area contributed by atoms with Gasteiger partial charge in [-0.1, -0.05) is 41.5 Å². The number of hydrogen-bond acceptors (Lipinski definition) is 1. The van der Waals surface area contributed by atoms with Crippen molar-refractivity contribution < 1.29 is 0 Å². The minimum Gasteiger partial charge on any atom is -0.103 e. The highest BCUT2D eigenvalue weighted by Crippen LogP contribution is 2.09. The van der Waals surface area contributed by atoms with Crippen molar-refractivity contribution >= 4 is 0 Å². The topological polar surface area (TPSA) is 48.8 Å². The minimum atomic E-state index is -0.0140. The molecule has 3 nitrogen and oxygen atoms in total. The zero-order valence-corrected chi connectivity index (χ0v) is 8.00. The van der Waals surface area contributed by atoms with Gasteiger partial charge in [-0.15, -0.1) is 6.58 Å². The Labute approximate surface area is 83.7 Å². The standard InChI is InChI=1S/C11H13N3/c1-2-6-11(13-14-12)9-10-7-4-3-5-8-10/h2-5,7-8,11H,1,6,9H2/t11-/m1/s1. The lowest BCUT2D eigenvalue weighted by Crippen LogP contribution is -2.05. The van der Waals surface area contributed by atoms with E-state index in [4.69, 9.17) is 5.53 Å². The second kappa shape index (κ2) is 5.84. The number of rotatable bonds is 5. The van der Waals surface area contributed by atoms with Crippen molar-refractivity contribution in [2.24, 2.45) is 5.11 Å². The molecule has 14 heavy (non-hydrogen) atoms. The van der Waals surface area contributed by atoms with Crippen LogP contribution in [0.25, 0.3) is 10.4 Å². The summed E-state index contributed by atoms with van der Waals surface area (Å²) in [5, 5.41) is 3.72. The second-order valence-corrected chi connectivity index (χ2v) is 3.07. The maximum atomic E-state index is 8.37. The number of hydrogen-bond donors (Lipinski definition) is 0. The molecular formula is C11H13N3. The molecule has 0 aliphatic heterocycles. The Kier molecular flexibility index (Phi) is 4.32. The highest BCUT2D eigenvalue weighted by molar-refractivity contribution is 5.16. The molecule has 0 aliphatic carbocycles. The van der Waals surface area contributed by atoms with Gasteiger partial charge in [-0.05, 0) is 23.9 Å². The molecule has 0 N–H and O–H groups in total. The maximum absolute atomic E-state index is 8.37. The first-order valence-electron chi connectivity index (χ1n) is 4.56. The van der Waals surface area contributed by atoms with Crippen molar-refractivity contribution in [3.05, 3.63) is 59.0 Å². The zero-order valence-electron chi connectivity index (χ0n) is 8.00. The summed E-state index contributed by atoms with van der Waals surface area (Å²) in [6.45, 7) is 3.64. The van der Waals surface area contributed by atoms with Crippen LogP contribution in [-0.2, 0) is 6.42 Å². The van der Waals surface area contributed by atoms with E-state index in [9.17, 15) is 0 Å². The van der Waals surface area contributed by atoms with Crippen LogP contribution in [0.2, 0.25) is 0 Å². The second-order valence-electron chi connectivity index (χ2n) is 3.07. The van der Waals surface area contributed by atoms with E-state index in [0.29, 0.717) is 0 Å². The van der Waals surface area contributed by atoms with Crippen LogP contribution >= 0.6 is 0 Å². The molecule has 1 aromatic carbocycles. The number of nitrogens with zero attached hydrogens (tertiary/aromatic N) is 3. The summed E-state index contributed by atoms with van der Waals surface area (Å²) in [7, 11) is 0. The first-order valence-corrected chi connectivity index (χ1v) is 4.56. The van der Waals surface area contributed by atoms with Crippen molar-refractivity contribution in [2.75, 3.05) is 0 Å². The monoisotopic (exact) mass is 187 g/mol. The lowest BCUT2D eigenvalue weighted by Gasteiger charge is -2.07. The molecule has 0 radical (unpaired) electrons. The Hall–Kier alpha value is -1.73. The predicted molar refractivity (Wildman–Crippen MR) is 57.9 cm³/mol. The Balaban J connectivity index is 2.64. The third-order valence-electron chi connectivity index (χ3n) is 1.97. The lowest BCUT2D eigenvalue weighted by molar-refractivity contribution is 0.674. The van der Waals surface area contributed by atoms with Gasteiger partial charge in [0.05, 0.1) is 0 Å². The average Bonchev–Trinajstić information content (AvgIpc) is 2.20. The molecule has 0 fully saturated rings. The van der Waals surface area contributed by atoms with Crippen LogP contribution in [0.3, 0.4) is 0 Å². The van der Waals surface area contributed by atoms with Crippen LogP contribution < -0.4 is 0 Å². The molecule has 0 aliphatic rings. The Morgan fingerprint density at radius 3 is 2.71 bits per heavy atom. The van der Waals surface area contributed by atoms with E-state index >= 15 is 0 Å². The van der Waals surface area contributed by atoms with E-state index in [1.807, 2.05) is 30.3 Å². The van der Waals surface area contributed by atoms with Gasteiger partial charge in [-0.25, -0.2) is 0 Å². The van der Waals surface area contributed by atoms with Crippen LogP contribution in [0, 0.1) is 0 Å². The van der Waals surface area contributed by atoms with Crippen molar-refractivity contribution in [2.45, 2.75) is 18.9 Å². The molecule has 72 valence electrons. The van der Waals surface area contributed by atoms with Crippen LogP contribution in [0.5, 0.6) is 0 Å². The van der Waals surface area contributed by atoms with Crippen molar-refractivity contribution in [1.29, 1.82) is 0 Å². The fourth-order valence-electron chi connectivity index (χ4n) is 1.32. The molecule has 0 unspecified atom stereocenters. The zero-order chi connectivity index (χ0) is 10.2. The predicted octanol–water partition coefficient (Wildman–Crippen LogP) is 3.48. The molecule has 0 aromatic heterocycles. The first kappa shape index (κ1) is 10.4. The Morgan fingerprint density at radius 1 is 1.43 bits per heavy atom. The van der Waals surface area contributed by atoms with Gasteiger partial charge >= 0.3 is 0 Å². The summed E-state index contributed by atoms with van der Waals surface area (Å²) in [4.78, 5) is 2.83. The molecule has 0 spiro atoms. The van der Waals surface area contributed by atoms with Gasteiger partial charge in [0.15, 0.2) is 0 Å². The average molecular weight is 187 g/mol. The van der Waals surface area contributed by atoms with Gasteiger partial charge in [0.2, 0.25) is 0 Å². The Morgan fingerprint density at radius 2 is 2.14 bits per heavy atom. The fourth-order valence-corrected chi connectivity index (χ4v) is 1.32. The van der Waals surface area contributed by atoms with Crippen molar-refractivity contribution in [1.82, 2.24) is 0 Å². The van der Waals surface area contributed by atoms with Gasteiger partial charge < -0.3 is 0 Å². The molecular weight excluding hydrogens is 174 g/mol. The number of azide groups is 1. The van der Waals surface area contributed by atoms with Gasteiger partial charge in [-0.3, -0.25) is 0 Å².